The maximum absolute atomic E-state index is 5.65. The fourth-order valence-corrected chi connectivity index (χ4v) is 2.06. The van der Waals surface area contributed by atoms with Crippen LogP contribution in [-0.2, 0) is 0 Å². The molecular weight excluding hydrogens is 228 g/mol. The van der Waals surface area contributed by atoms with Crippen LogP contribution in [0.3, 0.4) is 0 Å². The Labute approximate surface area is 104 Å². The number of benzene rings is 2. The largest absolute Gasteiger partial charge is 0.493 e. The first-order valence-corrected chi connectivity index (χ1v) is 5.82. The topological polar surface area (TPSA) is 48.2 Å². The Hall–Kier alpha value is -2.36. The summed E-state index contributed by atoms with van der Waals surface area (Å²) in [6.45, 7) is 2.56. The van der Waals surface area contributed by atoms with E-state index < -0.39 is 0 Å². The molecule has 0 atom stereocenters. The molecule has 18 heavy (non-hydrogen) atoms. The third-order valence-corrected chi connectivity index (χ3v) is 2.80. The molecule has 0 aliphatic heterocycles. The Morgan fingerprint density at radius 2 is 2.06 bits per heavy atom. The molecule has 90 valence electrons. The number of fused-ring (bicyclic) bond motifs is 1. The van der Waals surface area contributed by atoms with E-state index in [1.807, 2.05) is 37.3 Å². The summed E-state index contributed by atoms with van der Waals surface area (Å²) < 4.78 is 10.8. The maximum Gasteiger partial charge on any atom is 0.191 e. The summed E-state index contributed by atoms with van der Waals surface area (Å²) in [6, 6.07) is 12.1. The van der Waals surface area contributed by atoms with Crippen LogP contribution in [0.1, 0.15) is 6.92 Å². The molecule has 4 heteroatoms. The van der Waals surface area contributed by atoms with Gasteiger partial charge in [-0.15, -0.1) is 5.10 Å². The minimum absolute atomic E-state index is 0.604. The summed E-state index contributed by atoms with van der Waals surface area (Å²) in [6.07, 6.45) is 1.60. The Bertz CT molecular complexity index is 663. The molecule has 0 aliphatic carbocycles. The number of nitrogens with zero attached hydrogens (tertiary/aromatic N) is 2. The van der Waals surface area contributed by atoms with Gasteiger partial charge in [-0.1, -0.05) is 30.3 Å². The molecule has 0 bridgehead atoms. The van der Waals surface area contributed by atoms with Crippen molar-refractivity contribution in [2.24, 2.45) is 0 Å². The predicted octanol–water partition coefficient (Wildman–Crippen LogP) is 3.29. The highest BCUT2D eigenvalue weighted by Gasteiger charge is 2.14. The van der Waals surface area contributed by atoms with Crippen LogP contribution in [0.2, 0.25) is 0 Å². The summed E-state index contributed by atoms with van der Waals surface area (Å²) in [5.74, 6) is 1.41. The average Bonchev–Trinajstić information content (AvgIpc) is 2.92. The smallest absolute Gasteiger partial charge is 0.191 e. The molecule has 4 nitrogen and oxygen atoms in total. The van der Waals surface area contributed by atoms with Gasteiger partial charge >= 0.3 is 0 Å². The van der Waals surface area contributed by atoms with Crippen molar-refractivity contribution in [1.82, 2.24) is 10.4 Å². The van der Waals surface area contributed by atoms with Gasteiger partial charge in [0.05, 0.1) is 18.4 Å². The van der Waals surface area contributed by atoms with Gasteiger partial charge in [0.25, 0.3) is 0 Å². The van der Waals surface area contributed by atoms with Crippen molar-refractivity contribution < 1.29 is 9.26 Å². The third-order valence-electron chi connectivity index (χ3n) is 2.80. The fourth-order valence-electron chi connectivity index (χ4n) is 2.06. The summed E-state index contributed by atoms with van der Waals surface area (Å²) in [7, 11) is 0. The molecule has 0 saturated carbocycles. The molecule has 0 aliphatic rings. The van der Waals surface area contributed by atoms with Crippen molar-refractivity contribution in [2.45, 2.75) is 6.92 Å². The molecule has 0 spiro atoms. The first-order valence-electron chi connectivity index (χ1n) is 5.82. The summed E-state index contributed by atoms with van der Waals surface area (Å²) >= 11 is 0. The Kier molecular flexibility index (Phi) is 2.68. The minimum Gasteiger partial charge on any atom is -0.493 e. The second kappa shape index (κ2) is 4.49. The normalized spacial score (nSPS) is 10.7. The summed E-state index contributed by atoms with van der Waals surface area (Å²) in [5.41, 5.74) is 0.903. The van der Waals surface area contributed by atoms with Crippen molar-refractivity contribution in [1.29, 1.82) is 0 Å². The lowest BCUT2D eigenvalue weighted by atomic mass is 10.0. The molecule has 1 heterocycles. The van der Waals surface area contributed by atoms with Crippen LogP contribution in [0.4, 0.5) is 0 Å². The van der Waals surface area contributed by atoms with E-state index in [9.17, 15) is 0 Å². The van der Waals surface area contributed by atoms with Crippen molar-refractivity contribution >= 4 is 10.8 Å². The highest BCUT2D eigenvalue weighted by atomic mass is 16.5. The highest BCUT2D eigenvalue weighted by Crippen LogP contribution is 2.36. The van der Waals surface area contributed by atoms with Crippen LogP contribution in [-0.4, -0.2) is 17.0 Å². The molecular formula is C14H12N2O2. The van der Waals surface area contributed by atoms with Crippen molar-refractivity contribution in [3.05, 3.63) is 42.6 Å². The number of rotatable bonds is 3. The average molecular weight is 240 g/mol. The van der Waals surface area contributed by atoms with Gasteiger partial charge in [0, 0.05) is 5.27 Å². The molecule has 0 radical (unpaired) electrons. The van der Waals surface area contributed by atoms with Crippen LogP contribution >= 0.6 is 0 Å². The van der Waals surface area contributed by atoms with E-state index in [1.165, 1.54) is 0 Å². The van der Waals surface area contributed by atoms with Crippen LogP contribution in [0.5, 0.6) is 5.75 Å². The van der Waals surface area contributed by atoms with Crippen LogP contribution in [0, 0.1) is 0 Å². The van der Waals surface area contributed by atoms with E-state index in [0.29, 0.717) is 12.4 Å². The lowest BCUT2D eigenvalue weighted by Gasteiger charge is -2.10. The second-order valence-corrected chi connectivity index (χ2v) is 3.87. The van der Waals surface area contributed by atoms with Gasteiger partial charge in [-0.3, -0.25) is 0 Å². The molecule has 0 unspecified atom stereocenters. The minimum atomic E-state index is 0.604. The quantitative estimate of drug-likeness (QED) is 0.704. The summed E-state index contributed by atoms with van der Waals surface area (Å²) in [5, 5.41) is 9.46. The van der Waals surface area contributed by atoms with Gasteiger partial charge < -0.3 is 9.26 Å². The molecule has 2 aromatic carbocycles. The van der Waals surface area contributed by atoms with E-state index in [1.54, 1.807) is 6.20 Å². The molecule has 3 aromatic rings. The van der Waals surface area contributed by atoms with E-state index in [4.69, 9.17) is 9.26 Å². The molecule has 0 N–H and O–H groups in total. The summed E-state index contributed by atoms with van der Waals surface area (Å²) in [4.78, 5) is 0. The second-order valence-electron chi connectivity index (χ2n) is 3.87. The van der Waals surface area contributed by atoms with E-state index >= 15 is 0 Å². The lowest BCUT2D eigenvalue weighted by molar-refractivity contribution is 0.339. The highest BCUT2D eigenvalue weighted by molar-refractivity contribution is 5.98. The monoisotopic (exact) mass is 240 g/mol. The van der Waals surface area contributed by atoms with Crippen LogP contribution in [0.25, 0.3) is 22.1 Å². The number of hydrogen-bond donors (Lipinski definition) is 0. The zero-order valence-electron chi connectivity index (χ0n) is 9.96. The first-order chi connectivity index (χ1) is 8.90. The fraction of sp³-hybridized carbons (Fsp3) is 0.143. The Morgan fingerprint density at radius 1 is 1.17 bits per heavy atom. The van der Waals surface area contributed by atoms with Gasteiger partial charge in [-0.25, -0.2) is 0 Å². The number of aromatic nitrogens is 2. The number of ether oxygens (including phenoxy) is 1. The lowest BCUT2D eigenvalue weighted by Crippen LogP contribution is -1.94. The van der Waals surface area contributed by atoms with E-state index in [-0.39, 0.29) is 0 Å². The molecule has 1 aromatic heterocycles. The zero-order valence-corrected chi connectivity index (χ0v) is 9.96. The van der Waals surface area contributed by atoms with Crippen molar-refractivity contribution in [2.75, 3.05) is 6.61 Å². The van der Waals surface area contributed by atoms with Gasteiger partial charge in [0.15, 0.2) is 5.76 Å². The predicted molar refractivity (Wildman–Crippen MR) is 68.4 cm³/mol. The van der Waals surface area contributed by atoms with Gasteiger partial charge in [0.1, 0.15) is 5.75 Å². The third kappa shape index (κ3) is 1.72. The first kappa shape index (κ1) is 10.8. The van der Waals surface area contributed by atoms with Gasteiger partial charge in [0.2, 0.25) is 0 Å². The van der Waals surface area contributed by atoms with Crippen molar-refractivity contribution in [3.63, 3.8) is 0 Å². The van der Waals surface area contributed by atoms with E-state index in [0.717, 1.165) is 22.1 Å². The van der Waals surface area contributed by atoms with Gasteiger partial charge in [-0.2, -0.15) is 0 Å². The molecule has 0 amide bonds. The van der Waals surface area contributed by atoms with Crippen LogP contribution < -0.4 is 4.74 Å². The molecule has 0 fully saturated rings. The van der Waals surface area contributed by atoms with Crippen LogP contribution in [0.15, 0.2) is 47.1 Å². The van der Waals surface area contributed by atoms with Gasteiger partial charge in [-0.05, 0) is 23.8 Å². The maximum atomic E-state index is 5.65. The molecule has 0 saturated heterocycles. The van der Waals surface area contributed by atoms with Crippen molar-refractivity contribution in [3.8, 4) is 17.1 Å². The SMILES string of the molecule is CCOc1ccc2ccccc2c1-c1cnno1. The standard InChI is InChI=1S/C14H12N2O2/c1-2-17-12-8-7-10-5-3-4-6-11(10)14(12)13-9-15-16-18-13/h3-9H,2H2,1H3. The zero-order chi connectivity index (χ0) is 12.4. The molecule has 3 rings (SSSR count). The number of hydrogen-bond acceptors (Lipinski definition) is 4. The Morgan fingerprint density at radius 3 is 2.83 bits per heavy atom. The van der Waals surface area contributed by atoms with E-state index in [2.05, 4.69) is 16.4 Å². The Balaban J connectivity index is 2.32.